The number of imidazole rings is 1. The monoisotopic (exact) mass is 587 g/mol. The number of rotatable bonds is 8. The van der Waals surface area contributed by atoms with Gasteiger partial charge in [0.2, 0.25) is 11.9 Å². The minimum Gasteiger partial charge on any atom is -0.378 e. The van der Waals surface area contributed by atoms with E-state index in [0.717, 1.165) is 32.1 Å². The van der Waals surface area contributed by atoms with Crippen LogP contribution in [-0.4, -0.2) is 63.8 Å². The molecule has 9 nitrogen and oxygen atoms in total. The zero-order valence-corrected chi connectivity index (χ0v) is 23.8. The summed E-state index contributed by atoms with van der Waals surface area (Å²) in [7, 11) is 0. The fraction of sp³-hybridized carbons (Fsp3) is 0.438. The molecule has 2 aromatic heterocycles. The highest BCUT2D eigenvalue weighted by Crippen LogP contribution is 2.47. The molecule has 1 saturated heterocycles. The number of nitrogens with one attached hydrogen (secondary N) is 2. The van der Waals surface area contributed by atoms with Crippen LogP contribution < -0.4 is 15.5 Å². The first-order valence-electron chi connectivity index (χ1n) is 15.1. The van der Waals surface area contributed by atoms with E-state index >= 15 is 0 Å². The lowest BCUT2D eigenvalue weighted by molar-refractivity contribution is -0.123. The van der Waals surface area contributed by atoms with Gasteiger partial charge in [0.25, 0.3) is 6.43 Å². The molecule has 2 N–H and O–H groups in total. The number of nitrogens with zero attached hydrogens (tertiary/aromatic N) is 5. The van der Waals surface area contributed by atoms with Crippen LogP contribution in [0, 0.1) is 5.92 Å². The van der Waals surface area contributed by atoms with Gasteiger partial charge in [0.1, 0.15) is 11.6 Å². The number of amides is 1. The maximum Gasteiger partial charge on any atom is 0.296 e. The molecule has 0 radical (unpaired) electrons. The van der Waals surface area contributed by atoms with Crippen LogP contribution in [0.25, 0.3) is 16.9 Å². The first-order chi connectivity index (χ1) is 21.0. The van der Waals surface area contributed by atoms with E-state index in [9.17, 15) is 13.6 Å². The molecule has 0 spiro atoms. The van der Waals surface area contributed by atoms with Crippen LogP contribution in [0.1, 0.15) is 55.8 Å². The molecule has 2 aliphatic carbocycles. The minimum absolute atomic E-state index is 0.0605. The molecule has 2 saturated carbocycles. The van der Waals surface area contributed by atoms with Crippen molar-refractivity contribution in [2.45, 2.75) is 56.5 Å². The second-order valence-electron chi connectivity index (χ2n) is 11.7. The van der Waals surface area contributed by atoms with Crippen molar-refractivity contribution in [1.82, 2.24) is 24.8 Å². The first-order valence-corrected chi connectivity index (χ1v) is 15.1. The molecular formula is C32H35F2N7O2. The number of carbonyl (C=O) groups excluding carboxylic acids is 1. The fourth-order valence-corrected chi connectivity index (χ4v) is 6.41. The number of hydrogen-bond acceptors (Lipinski definition) is 7. The third-order valence-corrected chi connectivity index (χ3v) is 8.81. The van der Waals surface area contributed by atoms with Gasteiger partial charge in [0, 0.05) is 37.2 Å². The van der Waals surface area contributed by atoms with Crippen LogP contribution in [0.2, 0.25) is 0 Å². The average Bonchev–Trinajstić information content (AvgIpc) is 3.75. The summed E-state index contributed by atoms with van der Waals surface area (Å²) in [5.74, 6) is 1.59. The molecule has 1 aliphatic heterocycles. The minimum atomic E-state index is -2.77. The molecule has 4 aromatic rings. The number of morpholine rings is 1. The van der Waals surface area contributed by atoms with Crippen molar-refractivity contribution in [2.24, 2.45) is 5.92 Å². The topological polar surface area (TPSA) is 97.2 Å². The van der Waals surface area contributed by atoms with E-state index < -0.39 is 6.43 Å². The highest BCUT2D eigenvalue weighted by Gasteiger charge is 2.44. The lowest BCUT2D eigenvalue weighted by atomic mass is 9.91. The van der Waals surface area contributed by atoms with Crippen molar-refractivity contribution in [3.63, 3.8) is 0 Å². The van der Waals surface area contributed by atoms with Gasteiger partial charge in [0.15, 0.2) is 5.82 Å². The molecule has 11 heteroatoms. The maximum absolute atomic E-state index is 14.2. The summed E-state index contributed by atoms with van der Waals surface area (Å²) in [5, 5.41) is 6.76. The van der Waals surface area contributed by atoms with Gasteiger partial charge in [-0.2, -0.15) is 9.97 Å². The summed E-state index contributed by atoms with van der Waals surface area (Å²) in [6.07, 6.45) is 1.52. The summed E-state index contributed by atoms with van der Waals surface area (Å²) in [5.41, 5.74) is 2.29. The number of fused-ring (bicyclic) bond motifs is 1. The Morgan fingerprint density at radius 1 is 0.884 bits per heavy atom. The molecule has 2 aromatic carbocycles. The van der Waals surface area contributed by atoms with E-state index in [-0.39, 0.29) is 29.7 Å². The normalized spacial score (nSPS) is 23.8. The third-order valence-electron chi connectivity index (χ3n) is 8.81. The Morgan fingerprint density at radius 2 is 1.58 bits per heavy atom. The van der Waals surface area contributed by atoms with Gasteiger partial charge in [-0.15, -0.1) is 0 Å². The number of hydrogen-bond donors (Lipinski definition) is 2. The van der Waals surface area contributed by atoms with Gasteiger partial charge in [-0.1, -0.05) is 42.5 Å². The summed E-state index contributed by atoms with van der Waals surface area (Å²) < 4.78 is 35.3. The van der Waals surface area contributed by atoms with Gasteiger partial charge in [-0.3, -0.25) is 9.36 Å². The van der Waals surface area contributed by atoms with Crippen molar-refractivity contribution >= 4 is 28.7 Å². The molecule has 43 heavy (non-hydrogen) atoms. The number of ether oxygens (including phenoxy) is 1. The van der Waals surface area contributed by atoms with Crippen LogP contribution in [0.3, 0.4) is 0 Å². The number of carbonyl (C=O) groups is 1. The largest absolute Gasteiger partial charge is 0.378 e. The highest BCUT2D eigenvalue weighted by atomic mass is 19.3. The van der Waals surface area contributed by atoms with Crippen molar-refractivity contribution in [3.05, 3.63) is 72.1 Å². The second kappa shape index (κ2) is 11.9. The fourth-order valence-electron chi connectivity index (χ4n) is 6.41. The Balaban J connectivity index is 1.06. The highest BCUT2D eigenvalue weighted by molar-refractivity contribution is 5.83. The average molecular weight is 588 g/mol. The van der Waals surface area contributed by atoms with Gasteiger partial charge in [-0.25, -0.2) is 13.8 Å². The standard InChI is InChI=1S/C32H35F2N7O2/c33-29(34)30-37-25-8-4-5-9-26(25)41(30)28-19-27(40-14-16-43-17-15-40)38-32(39-28)36-22-12-10-21(11-13-22)35-31(42)24-18-23(24)20-6-2-1-3-7-20/h1-9,19,21-24,29H,10-18H2,(H,35,42)(H,36,38,39)/t21-,22-,23-,24+/m0/s1. The first kappa shape index (κ1) is 27.7. The molecule has 224 valence electrons. The van der Waals surface area contributed by atoms with Gasteiger partial charge >= 0.3 is 0 Å². The van der Waals surface area contributed by atoms with E-state index in [1.54, 1.807) is 30.3 Å². The lowest BCUT2D eigenvalue weighted by Crippen LogP contribution is -2.41. The number of para-hydroxylation sites is 2. The predicted octanol–water partition coefficient (Wildman–Crippen LogP) is 5.23. The Morgan fingerprint density at radius 3 is 2.35 bits per heavy atom. The van der Waals surface area contributed by atoms with Gasteiger partial charge in [-0.05, 0) is 55.7 Å². The van der Waals surface area contributed by atoms with E-state index in [1.807, 2.05) is 18.2 Å². The van der Waals surface area contributed by atoms with Crippen molar-refractivity contribution in [3.8, 4) is 5.82 Å². The Hall–Kier alpha value is -4.12. The van der Waals surface area contributed by atoms with Crippen molar-refractivity contribution in [1.29, 1.82) is 0 Å². The van der Waals surface area contributed by atoms with E-state index in [0.29, 0.717) is 60.8 Å². The summed E-state index contributed by atoms with van der Waals surface area (Å²) in [4.78, 5) is 28.8. The predicted molar refractivity (Wildman–Crippen MR) is 160 cm³/mol. The number of aromatic nitrogens is 4. The SMILES string of the molecule is O=C(N[C@H]1CC[C@H](Nc2nc(N3CCOCC3)cc(-n3c(C(F)F)nc4ccccc43)n2)CC1)[C@@H]1C[C@H]1c1ccccc1. The van der Waals surface area contributed by atoms with Gasteiger partial charge in [0.05, 0.1) is 24.2 Å². The Labute approximate surface area is 248 Å². The molecular weight excluding hydrogens is 552 g/mol. The summed E-state index contributed by atoms with van der Waals surface area (Å²) in [6.45, 7) is 2.44. The summed E-state index contributed by atoms with van der Waals surface area (Å²) in [6, 6.07) is 19.3. The molecule has 3 heterocycles. The Bertz CT molecular complexity index is 1580. The van der Waals surface area contributed by atoms with Gasteiger partial charge < -0.3 is 20.3 Å². The van der Waals surface area contributed by atoms with Crippen LogP contribution >= 0.6 is 0 Å². The van der Waals surface area contributed by atoms with Crippen LogP contribution in [0.15, 0.2) is 60.7 Å². The van der Waals surface area contributed by atoms with Crippen molar-refractivity contribution in [2.75, 3.05) is 36.5 Å². The van der Waals surface area contributed by atoms with Crippen LogP contribution in [0.4, 0.5) is 20.5 Å². The molecule has 7 rings (SSSR count). The smallest absolute Gasteiger partial charge is 0.296 e. The molecule has 0 unspecified atom stereocenters. The quantitative estimate of drug-likeness (QED) is 0.291. The molecule has 3 aliphatic rings. The zero-order valence-electron chi connectivity index (χ0n) is 23.8. The Kier molecular flexibility index (Phi) is 7.65. The zero-order chi connectivity index (χ0) is 29.3. The number of anilines is 2. The maximum atomic E-state index is 14.2. The summed E-state index contributed by atoms with van der Waals surface area (Å²) >= 11 is 0. The van der Waals surface area contributed by atoms with Crippen LogP contribution in [-0.2, 0) is 9.53 Å². The molecule has 1 amide bonds. The van der Waals surface area contributed by atoms with Crippen molar-refractivity contribution < 1.29 is 18.3 Å². The lowest BCUT2D eigenvalue weighted by Gasteiger charge is -2.31. The number of alkyl halides is 2. The molecule has 2 atom stereocenters. The number of halogens is 2. The van der Waals surface area contributed by atoms with E-state index in [2.05, 4.69) is 32.7 Å². The molecule has 0 bridgehead atoms. The number of benzene rings is 2. The third kappa shape index (κ3) is 5.90. The van der Waals surface area contributed by atoms with E-state index in [4.69, 9.17) is 14.7 Å². The van der Waals surface area contributed by atoms with E-state index in [1.165, 1.54) is 10.1 Å². The second-order valence-corrected chi connectivity index (χ2v) is 11.7. The molecule has 3 fully saturated rings. The van der Waals surface area contributed by atoms with Crippen LogP contribution in [0.5, 0.6) is 0 Å².